The molecule has 1 aromatic rings. The number of hydrogen-bond donors (Lipinski definition) is 3. The van der Waals surface area contributed by atoms with Crippen LogP contribution in [0.5, 0.6) is 0 Å². The monoisotopic (exact) mass is 314 g/mol. The first-order valence-corrected chi connectivity index (χ1v) is 8.25. The Morgan fingerprint density at radius 2 is 2.10 bits per heavy atom. The third-order valence-corrected chi connectivity index (χ3v) is 4.52. The summed E-state index contributed by atoms with van der Waals surface area (Å²) in [5.41, 5.74) is 7.05. The van der Waals surface area contributed by atoms with Gasteiger partial charge in [-0.3, -0.25) is 0 Å². The fraction of sp³-hybridized carbons (Fsp3) is 0.538. The molecule has 0 aromatic heterocycles. The molecular formula is C13H22N4O3S. The van der Waals surface area contributed by atoms with Crippen molar-refractivity contribution >= 4 is 21.4 Å². The number of aliphatic hydroxyl groups is 1. The van der Waals surface area contributed by atoms with Crippen molar-refractivity contribution in [2.45, 2.75) is 23.5 Å². The largest absolute Gasteiger partial charge is 0.397 e. The molecule has 2 rings (SSSR count). The predicted molar refractivity (Wildman–Crippen MR) is 82.5 cm³/mol. The number of β-amino-alcohol motifs (C(OH)–C–C–N with tert-alkyl or cyclic N) is 1. The van der Waals surface area contributed by atoms with E-state index in [2.05, 4.69) is 0 Å². The number of nitrogens with two attached hydrogens (primary N) is 2. The van der Waals surface area contributed by atoms with Crippen molar-refractivity contribution in [2.24, 2.45) is 5.14 Å². The minimum atomic E-state index is -3.77. The van der Waals surface area contributed by atoms with Crippen molar-refractivity contribution in [3.8, 4) is 0 Å². The molecule has 118 valence electrons. The lowest BCUT2D eigenvalue weighted by Crippen LogP contribution is -2.38. The average Bonchev–Trinajstić information content (AvgIpc) is 2.67. The zero-order valence-electron chi connectivity index (χ0n) is 12.2. The molecule has 1 fully saturated rings. The van der Waals surface area contributed by atoms with E-state index in [1.165, 1.54) is 12.1 Å². The number of rotatable bonds is 4. The van der Waals surface area contributed by atoms with Gasteiger partial charge in [0.1, 0.15) is 0 Å². The fourth-order valence-electron chi connectivity index (χ4n) is 2.75. The van der Waals surface area contributed by atoms with E-state index >= 15 is 0 Å². The first kappa shape index (κ1) is 16.0. The van der Waals surface area contributed by atoms with E-state index in [0.717, 1.165) is 12.2 Å². The van der Waals surface area contributed by atoms with Crippen LogP contribution >= 0.6 is 0 Å². The molecule has 5 N–H and O–H groups in total. The Morgan fingerprint density at radius 3 is 2.62 bits per heavy atom. The Balaban J connectivity index is 2.32. The maximum Gasteiger partial charge on any atom is 0.238 e. The molecule has 0 radical (unpaired) electrons. The molecule has 1 aliphatic rings. The molecule has 21 heavy (non-hydrogen) atoms. The van der Waals surface area contributed by atoms with E-state index in [9.17, 15) is 13.5 Å². The Hall–Kier alpha value is -1.35. The smallest absolute Gasteiger partial charge is 0.238 e. The van der Waals surface area contributed by atoms with Gasteiger partial charge in [-0.05, 0) is 38.7 Å². The molecule has 0 amide bonds. The van der Waals surface area contributed by atoms with E-state index in [-0.39, 0.29) is 10.9 Å². The topological polar surface area (TPSA) is 113 Å². The number of hydrogen-bond acceptors (Lipinski definition) is 6. The molecule has 1 saturated heterocycles. The quantitative estimate of drug-likeness (QED) is 0.641. The Bertz CT molecular complexity index is 618. The number of benzene rings is 1. The van der Waals surface area contributed by atoms with Crippen LogP contribution in [0.15, 0.2) is 23.1 Å². The third-order valence-electron chi connectivity index (χ3n) is 3.61. The van der Waals surface area contributed by atoms with Crippen LogP contribution < -0.4 is 15.8 Å². The summed E-state index contributed by atoms with van der Waals surface area (Å²) in [7, 11) is 0.172. The molecule has 2 atom stereocenters. The zero-order valence-corrected chi connectivity index (χ0v) is 13.0. The Kier molecular flexibility index (Phi) is 4.43. The molecular weight excluding hydrogens is 292 g/mol. The van der Waals surface area contributed by atoms with Crippen LogP contribution in [0.3, 0.4) is 0 Å². The van der Waals surface area contributed by atoms with E-state index in [1.807, 2.05) is 23.9 Å². The van der Waals surface area contributed by atoms with Gasteiger partial charge >= 0.3 is 0 Å². The Morgan fingerprint density at radius 1 is 1.43 bits per heavy atom. The molecule has 1 aliphatic heterocycles. The summed E-state index contributed by atoms with van der Waals surface area (Å²) >= 11 is 0. The van der Waals surface area contributed by atoms with Crippen molar-refractivity contribution in [3.63, 3.8) is 0 Å². The minimum Gasteiger partial charge on any atom is -0.397 e. The summed E-state index contributed by atoms with van der Waals surface area (Å²) in [6, 6.07) is 4.59. The maximum absolute atomic E-state index is 11.3. The summed E-state index contributed by atoms with van der Waals surface area (Å²) < 4.78 is 22.7. The van der Waals surface area contributed by atoms with Gasteiger partial charge in [-0.15, -0.1) is 0 Å². The van der Waals surface area contributed by atoms with Crippen LogP contribution in [-0.2, 0) is 10.0 Å². The first-order chi connectivity index (χ1) is 9.68. The van der Waals surface area contributed by atoms with Gasteiger partial charge < -0.3 is 20.6 Å². The van der Waals surface area contributed by atoms with Gasteiger partial charge in [-0.2, -0.15) is 0 Å². The molecule has 1 aromatic carbocycles. The molecule has 0 spiro atoms. The molecule has 7 nitrogen and oxygen atoms in total. The minimum absolute atomic E-state index is 0.00680. The van der Waals surface area contributed by atoms with Crippen LogP contribution in [0.2, 0.25) is 0 Å². The van der Waals surface area contributed by atoms with Crippen molar-refractivity contribution in [3.05, 3.63) is 18.2 Å². The van der Waals surface area contributed by atoms with Gasteiger partial charge in [0.15, 0.2) is 0 Å². The van der Waals surface area contributed by atoms with E-state index in [1.54, 1.807) is 6.07 Å². The van der Waals surface area contributed by atoms with Crippen LogP contribution in [-0.4, -0.2) is 57.8 Å². The fourth-order valence-corrected chi connectivity index (χ4v) is 3.30. The Labute approximate surface area is 125 Å². The normalized spacial score (nSPS) is 23.0. The highest BCUT2D eigenvalue weighted by Gasteiger charge is 2.32. The van der Waals surface area contributed by atoms with Gasteiger partial charge in [0, 0.05) is 19.1 Å². The van der Waals surface area contributed by atoms with Gasteiger partial charge in [0.25, 0.3) is 0 Å². The second-order valence-electron chi connectivity index (χ2n) is 5.72. The maximum atomic E-state index is 11.3. The molecule has 8 heteroatoms. The highest BCUT2D eigenvalue weighted by Crippen LogP contribution is 2.32. The van der Waals surface area contributed by atoms with Crippen LogP contribution in [0.1, 0.15) is 6.42 Å². The third kappa shape index (κ3) is 3.65. The molecule has 0 bridgehead atoms. The standard InChI is InChI=1S/C13H22N4O3S/c1-16(2)7-9-5-10(18)8-17(9)13-4-3-11(6-12(13)14)21(15,19)20/h3-4,6,9-10,18H,5,7-8,14H2,1-2H3,(H2,15,19,20). The van der Waals surface area contributed by atoms with E-state index in [0.29, 0.717) is 18.7 Å². The lowest BCUT2D eigenvalue weighted by Gasteiger charge is -2.29. The van der Waals surface area contributed by atoms with Crippen molar-refractivity contribution in [1.29, 1.82) is 0 Å². The van der Waals surface area contributed by atoms with Crippen molar-refractivity contribution in [1.82, 2.24) is 4.90 Å². The molecule has 1 heterocycles. The lowest BCUT2D eigenvalue weighted by molar-refractivity contribution is 0.191. The number of anilines is 2. The van der Waals surface area contributed by atoms with Crippen molar-refractivity contribution in [2.75, 3.05) is 37.8 Å². The highest BCUT2D eigenvalue weighted by molar-refractivity contribution is 7.89. The molecule has 0 saturated carbocycles. The van der Waals surface area contributed by atoms with E-state index in [4.69, 9.17) is 10.9 Å². The average molecular weight is 314 g/mol. The number of nitrogen functional groups attached to an aromatic ring is 1. The number of nitrogens with zero attached hydrogens (tertiary/aromatic N) is 2. The van der Waals surface area contributed by atoms with E-state index < -0.39 is 16.1 Å². The van der Waals surface area contributed by atoms with Gasteiger partial charge in [-0.1, -0.05) is 0 Å². The highest BCUT2D eigenvalue weighted by atomic mass is 32.2. The van der Waals surface area contributed by atoms with Gasteiger partial charge in [0.2, 0.25) is 10.0 Å². The summed E-state index contributed by atoms with van der Waals surface area (Å²) in [4.78, 5) is 4.06. The number of sulfonamides is 1. The zero-order chi connectivity index (χ0) is 15.8. The lowest BCUT2D eigenvalue weighted by atomic mass is 10.1. The second-order valence-corrected chi connectivity index (χ2v) is 7.29. The van der Waals surface area contributed by atoms with Gasteiger partial charge in [0.05, 0.1) is 22.4 Å². The first-order valence-electron chi connectivity index (χ1n) is 6.70. The van der Waals surface area contributed by atoms with Crippen LogP contribution in [0.25, 0.3) is 0 Å². The van der Waals surface area contributed by atoms with Crippen LogP contribution in [0.4, 0.5) is 11.4 Å². The SMILES string of the molecule is CN(C)CC1CC(O)CN1c1ccc(S(N)(=O)=O)cc1N. The number of primary sulfonamides is 1. The second kappa shape index (κ2) is 5.80. The molecule has 0 aliphatic carbocycles. The summed E-state index contributed by atoms with van der Waals surface area (Å²) in [6.07, 6.45) is 0.251. The number of likely N-dealkylation sites (N-methyl/N-ethyl adjacent to an activating group) is 1. The summed E-state index contributed by atoms with van der Waals surface area (Å²) in [5.74, 6) is 0. The number of aliphatic hydroxyl groups excluding tert-OH is 1. The predicted octanol–water partition coefficient (Wildman–Crippen LogP) is -0.583. The molecule has 2 unspecified atom stereocenters. The summed E-state index contributed by atoms with van der Waals surface area (Å²) in [6.45, 7) is 1.27. The van der Waals surface area contributed by atoms with Crippen molar-refractivity contribution < 1.29 is 13.5 Å². The van der Waals surface area contributed by atoms with Crippen LogP contribution in [0, 0.1) is 0 Å². The van der Waals surface area contributed by atoms with Gasteiger partial charge in [-0.25, -0.2) is 13.6 Å². The summed E-state index contributed by atoms with van der Waals surface area (Å²) in [5, 5.41) is 15.0.